The summed E-state index contributed by atoms with van der Waals surface area (Å²) < 4.78 is 1.47. The molecule has 0 saturated heterocycles. The van der Waals surface area contributed by atoms with Crippen LogP contribution >= 0.6 is 0 Å². The third-order valence-electron chi connectivity index (χ3n) is 3.65. The molecule has 2 atom stereocenters. The van der Waals surface area contributed by atoms with Gasteiger partial charge in [0.1, 0.15) is 12.7 Å². The first-order chi connectivity index (χ1) is 10.2. The van der Waals surface area contributed by atoms with E-state index in [-0.39, 0.29) is 0 Å². The van der Waals surface area contributed by atoms with Crippen molar-refractivity contribution < 1.29 is 0 Å². The lowest BCUT2D eigenvalue weighted by Gasteiger charge is -2.27. The van der Waals surface area contributed by atoms with Crippen LogP contribution in [0.25, 0.3) is 5.95 Å². The Kier molecular flexibility index (Phi) is 3.91. The second-order valence-corrected chi connectivity index (χ2v) is 5.38. The van der Waals surface area contributed by atoms with Crippen LogP contribution in [0.5, 0.6) is 0 Å². The van der Waals surface area contributed by atoms with Gasteiger partial charge in [-0.05, 0) is 18.8 Å². The van der Waals surface area contributed by atoms with Crippen molar-refractivity contribution in [2.75, 3.05) is 10.7 Å². The number of aromatic nitrogens is 6. The van der Waals surface area contributed by atoms with Gasteiger partial charge in [-0.1, -0.05) is 19.8 Å². The molecule has 1 aliphatic carbocycles. The highest BCUT2D eigenvalue weighted by atomic mass is 15.4. The van der Waals surface area contributed by atoms with Crippen LogP contribution in [0.1, 0.15) is 32.6 Å². The second-order valence-electron chi connectivity index (χ2n) is 5.38. The number of nitrogens with zero attached hydrogens (tertiary/aromatic N) is 6. The van der Waals surface area contributed by atoms with Gasteiger partial charge in [0.25, 0.3) is 5.95 Å². The molecule has 1 fully saturated rings. The van der Waals surface area contributed by atoms with E-state index in [0.29, 0.717) is 23.9 Å². The summed E-state index contributed by atoms with van der Waals surface area (Å²) in [6, 6.07) is 0.380. The number of hydrogen-bond acceptors (Lipinski definition) is 8. The van der Waals surface area contributed by atoms with Gasteiger partial charge in [-0.3, -0.25) is 5.43 Å². The lowest BCUT2D eigenvalue weighted by molar-refractivity contribution is 0.357. The van der Waals surface area contributed by atoms with E-state index in [2.05, 4.69) is 42.7 Å². The normalized spacial score (nSPS) is 22.0. The first-order valence-corrected chi connectivity index (χ1v) is 7.09. The molecule has 0 aromatic carbocycles. The van der Waals surface area contributed by atoms with Crippen LogP contribution in [-0.2, 0) is 0 Å². The van der Waals surface area contributed by atoms with Crippen LogP contribution in [0.15, 0.2) is 12.7 Å². The Morgan fingerprint density at radius 2 is 2.10 bits per heavy atom. The zero-order valence-corrected chi connectivity index (χ0v) is 11.9. The maximum atomic E-state index is 5.42. The Hall–Kier alpha value is -2.29. The molecule has 1 aliphatic rings. The van der Waals surface area contributed by atoms with Crippen LogP contribution in [0, 0.1) is 5.92 Å². The predicted octanol–water partition coefficient (Wildman–Crippen LogP) is 0.728. The summed E-state index contributed by atoms with van der Waals surface area (Å²) in [4.78, 5) is 16.7. The zero-order valence-electron chi connectivity index (χ0n) is 11.9. The number of hydrazine groups is 1. The molecule has 0 bridgehead atoms. The minimum atomic E-state index is 0.293. The molecule has 21 heavy (non-hydrogen) atoms. The highest BCUT2D eigenvalue weighted by molar-refractivity contribution is 5.37. The van der Waals surface area contributed by atoms with Gasteiger partial charge in [-0.25, -0.2) is 10.8 Å². The number of nitrogen functional groups attached to an aromatic ring is 1. The Morgan fingerprint density at radius 1 is 1.24 bits per heavy atom. The molecule has 1 saturated carbocycles. The van der Waals surface area contributed by atoms with Crippen LogP contribution in [0.3, 0.4) is 0 Å². The fraction of sp³-hybridized carbons (Fsp3) is 0.583. The smallest absolute Gasteiger partial charge is 0.258 e. The van der Waals surface area contributed by atoms with Gasteiger partial charge in [0.05, 0.1) is 0 Å². The first kappa shape index (κ1) is 13.7. The molecule has 0 amide bonds. The number of nitrogens with one attached hydrogen (secondary N) is 2. The second kappa shape index (κ2) is 6.00. The quantitative estimate of drug-likeness (QED) is 0.556. The SMILES string of the molecule is CC1CCCC(Nc2nc(NN)nc(-n3cncn3)n2)C1. The van der Waals surface area contributed by atoms with Crippen LogP contribution in [-0.4, -0.2) is 35.8 Å². The summed E-state index contributed by atoms with van der Waals surface area (Å²) in [5, 5.41) is 7.39. The summed E-state index contributed by atoms with van der Waals surface area (Å²) in [7, 11) is 0. The highest BCUT2D eigenvalue weighted by Gasteiger charge is 2.20. The molecule has 9 heteroatoms. The van der Waals surface area contributed by atoms with E-state index < -0.39 is 0 Å². The lowest BCUT2D eigenvalue weighted by Crippen LogP contribution is -2.28. The lowest BCUT2D eigenvalue weighted by atomic mass is 9.87. The van der Waals surface area contributed by atoms with Crippen LogP contribution < -0.4 is 16.6 Å². The number of hydrogen-bond donors (Lipinski definition) is 3. The molecule has 2 heterocycles. The summed E-state index contributed by atoms with van der Waals surface area (Å²) in [5.74, 6) is 7.31. The molecule has 0 aliphatic heterocycles. The monoisotopic (exact) mass is 289 g/mol. The Labute approximate surface area is 122 Å². The van der Waals surface area contributed by atoms with Crippen LogP contribution in [0.2, 0.25) is 0 Å². The number of anilines is 2. The topological polar surface area (TPSA) is 119 Å². The third kappa shape index (κ3) is 3.24. The first-order valence-electron chi connectivity index (χ1n) is 7.09. The molecule has 112 valence electrons. The Balaban J connectivity index is 1.82. The predicted molar refractivity (Wildman–Crippen MR) is 77.6 cm³/mol. The van der Waals surface area contributed by atoms with Crippen molar-refractivity contribution in [3.8, 4) is 5.95 Å². The van der Waals surface area contributed by atoms with E-state index in [1.54, 1.807) is 0 Å². The Bertz CT molecular complexity index is 582. The van der Waals surface area contributed by atoms with E-state index in [1.165, 1.54) is 30.2 Å². The molecular formula is C12H19N9. The maximum absolute atomic E-state index is 5.42. The average molecular weight is 289 g/mol. The van der Waals surface area contributed by atoms with Crippen molar-refractivity contribution in [1.29, 1.82) is 0 Å². The molecule has 0 spiro atoms. The largest absolute Gasteiger partial charge is 0.351 e. The van der Waals surface area contributed by atoms with Crippen molar-refractivity contribution in [2.24, 2.45) is 11.8 Å². The molecular weight excluding hydrogens is 270 g/mol. The van der Waals surface area contributed by atoms with Crippen molar-refractivity contribution in [2.45, 2.75) is 38.6 Å². The number of nitrogens with two attached hydrogens (primary N) is 1. The summed E-state index contributed by atoms with van der Waals surface area (Å²) in [5.41, 5.74) is 2.45. The van der Waals surface area contributed by atoms with Crippen molar-refractivity contribution >= 4 is 11.9 Å². The molecule has 2 aromatic heterocycles. The molecule has 9 nitrogen and oxygen atoms in total. The van der Waals surface area contributed by atoms with Gasteiger partial charge in [-0.15, -0.1) is 0 Å². The van der Waals surface area contributed by atoms with Crippen LogP contribution in [0.4, 0.5) is 11.9 Å². The minimum Gasteiger partial charge on any atom is -0.351 e. The van der Waals surface area contributed by atoms with Gasteiger partial charge in [0, 0.05) is 6.04 Å². The van der Waals surface area contributed by atoms with Gasteiger partial charge in [0.15, 0.2) is 0 Å². The maximum Gasteiger partial charge on any atom is 0.258 e. The van der Waals surface area contributed by atoms with E-state index in [0.717, 1.165) is 18.8 Å². The van der Waals surface area contributed by atoms with E-state index in [4.69, 9.17) is 5.84 Å². The van der Waals surface area contributed by atoms with Gasteiger partial charge < -0.3 is 5.32 Å². The molecule has 2 unspecified atom stereocenters. The van der Waals surface area contributed by atoms with Gasteiger partial charge in [-0.2, -0.15) is 24.7 Å². The third-order valence-corrected chi connectivity index (χ3v) is 3.65. The van der Waals surface area contributed by atoms with E-state index in [1.807, 2.05) is 0 Å². The standard InChI is InChI=1S/C12H19N9/c1-8-3-2-4-9(5-8)16-10-17-11(20-13)19-12(18-10)21-7-14-6-15-21/h6-9H,2-5,13H2,1H3,(H2,16,17,18,19,20). The fourth-order valence-electron chi connectivity index (χ4n) is 2.66. The van der Waals surface area contributed by atoms with E-state index >= 15 is 0 Å². The van der Waals surface area contributed by atoms with Gasteiger partial charge in [0.2, 0.25) is 11.9 Å². The summed E-state index contributed by atoms with van der Waals surface area (Å²) in [6.07, 6.45) is 7.71. The zero-order chi connectivity index (χ0) is 14.7. The highest BCUT2D eigenvalue weighted by Crippen LogP contribution is 2.25. The number of rotatable bonds is 4. The molecule has 3 rings (SSSR count). The molecule has 2 aromatic rings. The average Bonchev–Trinajstić information content (AvgIpc) is 3.01. The summed E-state index contributed by atoms with van der Waals surface area (Å²) >= 11 is 0. The molecule has 4 N–H and O–H groups in total. The van der Waals surface area contributed by atoms with Gasteiger partial charge >= 0.3 is 0 Å². The van der Waals surface area contributed by atoms with Crippen molar-refractivity contribution in [1.82, 2.24) is 29.7 Å². The molecule has 0 radical (unpaired) electrons. The van der Waals surface area contributed by atoms with Crippen molar-refractivity contribution in [3.63, 3.8) is 0 Å². The summed E-state index contributed by atoms with van der Waals surface area (Å²) in [6.45, 7) is 2.27. The van der Waals surface area contributed by atoms with Crippen molar-refractivity contribution in [3.05, 3.63) is 12.7 Å². The minimum absolute atomic E-state index is 0.293. The fourth-order valence-corrected chi connectivity index (χ4v) is 2.66. The van der Waals surface area contributed by atoms with E-state index in [9.17, 15) is 0 Å². The Morgan fingerprint density at radius 3 is 2.81 bits per heavy atom.